The molecule has 0 aliphatic carbocycles. The average Bonchev–Trinajstić information content (AvgIpc) is 1.76. The predicted molar refractivity (Wildman–Crippen MR) is 60.2 cm³/mol. The minimum atomic E-state index is -3.67. The van der Waals surface area contributed by atoms with Gasteiger partial charge in [0.25, 0.3) is 0 Å². The van der Waals surface area contributed by atoms with Gasteiger partial charge >= 0.3 is 24.9 Å². The van der Waals surface area contributed by atoms with Crippen LogP contribution in [0.4, 0.5) is 12.9 Å². The van der Waals surface area contributed by atoms with Crippen molar-refractivity contribution in [1.82, 2.24) is 0 Å². The molecule has 0 aliphatic rings. The van der Waals surface area contributed by atoms with Gasteiger partial charge in [0.1, 0.15) is 0 Å². The van der Waals surface area contributed by atoms with E-state index in [-0.39, 0.29) is 17.4 Å². The van der Waals surface area contributed by atoms with Crippen LogP contribution in [0.25, 0.3) is 0 Å². The Morgan fingerprint density at radius 1 is 0.647 bits per heavy atom. The van der Waals surface area contributed by atoms with Gasteiger partial charge in [0.15, 0.2) is 0 Å². The Hall–Kier alpha value is 0.267. The van der Waals surface area contributed by atoms with Gasteiger partial charge in [-0.1, -0.05) is 41.5 Å². The minimum absolute atomic E-state index is 0. The zero-order valence-corrected chi connectivity index (χ0v) is 12.4. The number of halogens is 3. The Bertz CT molecular complexity index is 74.5. The second-order valence-corrected chi connectivity index (χ2v) is 3.39. The van der Waals surface area contributed by atoms with E-state index in [1.165, 1.54) is 0 Å². The van der Waals surface area contributed by atoms with Crippen LogP contribution in [0, 0.1) is 0 Å². The Balaban J connectivity index is -0.0000000369. The summed E-state index contributed by atoms with van der Waals surface area (Å²) in [7, 11) is -3.67. The molecule has 0 rings (SSSR count). The molecule has 0 N–H and O–H groups in total. The standard InChI is InChI=1S/3C3H7O.Al.BF3/c3*1-3(2)4;;2-1(3)4/h3*3H,1-2H3;;/q3*-1;+3;. The molecule has 0 radical (unpaired) electrons. The van der Waals surface area contributed by atoms with E-state index in [0.717, 1.165) is 0 Å². The van der Waals surface area contributed by atoms with Gasteiger partial charge in [0.2, 0.25) is 0 Å². The van der Waals surface area contributed by atoms with Gasteiger partial charge in [-0.05, 0) is 0 Å². The Labute approximate surface area is 113 Å². The van der Waals surface area contributed by atoms with Crippen LogP contribution in [0.1, 0.15) is 41.5 Å². The summed E-state index contributed by atoms with van der Waals surface area (Å²) in [5.41, 5.74) is 0. The van der Waals surface area contributed by atoms with E-state index in [9.17, 15) is 28.3 Å². The molecule has 0 saturated heterocycles. The van der Waals surface area contributed by atoms with Crippen LogP contribution in [0.15, 0.2) is 0 Å². The summed E-state index contributed by atoms with van der Waals surface area (Å²) < 4.78 is 29.0. The molecule has 102 valence electrons. The van der Waals surface area contributed by atoms with Crippen LogP contribution >= 0.6 is 0 Å². The molecular weight excluding hydrogens is 251 g/mol. The largest absolute Gasteiger partial charge is 3.00 e. The second kappa shape index (κ2) is 25.2. The molecule has 0 aromatic rings. The zero-order chi connectivity index (χ0) is 14.3. The first-order valence-corrected chi connectivity index (χ1v) is 4.83. The van der Waals surface area contributed by atoms with Gasteiger partial charge in [-0.15, -0.1) is 18.3 Å². The van der Waals surface area contributed by atoms with E-state index in [0.29, 0.717) is 0 Å². The first-order valence-electron chi connectivity index (χ1n) is 4.83. The summed E-state index contributed by atoms with van der Waals surface area (Å²) in [5.74, 6) is 0. The van der Waals surface area contributed by atoms with Crippen LogP contribution in [0.5, 0.6) is 0 Å². The molecular formula is C9H21AlBF3O3. The van der Waals surface area contributed by atoms with E-state index in [1.807, 2.05) is 0 Å². The molecule has 0 amide bonds. The molecule has 0 spiro atoms. The van der Waals surface area contributed by atoms with Crippen molar-refractivity contribution in [2.75, 3.05) is 0 Å². The van der Waals surface area contributed by atoms with Gasteiger partial charge in [0.05, 0.1) is 0 Å². The molecule has 0 aromatic carbocycles. The minimum Gasteiger partial charge on any atom is -0.852 e. The third-order valence-corrected chi connectivity index (χ3v) is 0. The van der Waals surface area contributed by atoms with Crippen molar-refractivity contribution in [1.29, 1.82) is 0 Å². The maximum atomic E-state index is 9.67. The van der Waals surface area contributed by atoms with Crippen LogP contribution in [0.2, 0.25) is 0 Å². The van der Waals surface area contributed by atoms with Crippen LogP contribution < -0.4 is 15.3 Å². The molecule has 0 unspecified atom stereocenters. The van der Waals surface area contributed by atoms with E-state index in [4.69, 9.17) is 0 Å². The molecule has 0 saturated carbocycles. The fraction of sp³-hybridized carbons (Fsp3) is 1.00. The van der Waals surface area contributed by atoms with Gasteiger partial charge < -0.3 is 15.3 Å². The maximum Gasteiger partial charge on any atom is 3.00 e. The van der Waals surface area contributed by atoms with Crippen molar-refractivity contribution in [2.45, 2.75) is 59.9 Å². The quantitative estimate of drug-likeness (QED) is 0.572. The molecule has 0 aromatic heterocycles. The van der Waals surface area contributed by atoms with Crippen molar-refractivity contribution < 1.29 is 28.3 Å². The molecule has 0 fully saturated rings. The summed E-state index contributed by atoms with van der Waals surface area (Å²) in [6.07, 6.45) is -1.25. The zero-order valence-electron chi connectivity index (χ0n) is 11.2. The first kappa shape index (κ1) is 30.4. The molecule has 17 heavy (non-hydrogen) atoms. The summed E-state index contributed by atoms with van der Waals surface area (Å²) in [5, 5.41) is 28.6. The first-order chi connectivity index (χ1) is 6.93. The van der Waals surface area contributed by atoms with Crippen LogP contribution in [-0.4, -0.2) is 43.2 Å². The van der Waals surface area contributed by atoms with E-state index >= 15 is 0 Å². The van der Waals surface area contributed by atoms with Crippen molar-refractivity contribution in [2.24, 2.45) is 0 Å². The molecule has 0 bridgehead atoms. The Kier molecular flexibility index (Phi) is 45.0. The third kappa shape index (κ3) is 46300. The summed E-state index contributed by atoms with van der Waals surface area (Å²) in [6.45, 7) is 9.67. The molecule has 8 heteroatoms. The van der Waals surface area contributed by atoms with E-state index < -0.39 is 25.9 Å². The summed E-state index contributed by atoms with van der Waals surface area (Å²) in [4.78, 5) is 0. The van der Waals surface area contributed by atoms with Gasteiger partial charge in [-0.2, -0.15) is 0 Å². The topological polar surface area (TPSA) is 69.2 Å². The summed E-state index contributed by atoms with van der Waals surface area (Å²) in [6, 6.07) is 0. The fourth-order valence-electron chi connectivity index (χ4n) is 0. The molecule has 0 heterocycles. The smallest absolute Gasteiger partial charge is 0.852 e. The Morgan fingerprint density at radius 2 is 0.647 bits per heavy atom. The van der Waals surface area contributed by atoms with E-state index in [1.54, 1.807) is 41.5 Å². The number of hydrogen-bond donors (Lipinski definition) is 0. The number of hydrogen-bond acceptors (Lipinski definition) is 3. The van der Waals surface area contributed by atoms with Gasteiger partial charge in [-0.3, -0.25) is 12.9 Å². The SMILES string of the molecule is CC(C)[O-].CC(C)[O-].CC(C)[O-].FB(F)F.[Al+3]. The molecule has 0 atom stereocenters. The van der Waals surface area contributed by atoms with Gasteiger partial charge in [-0.25, -0.2) is 0 Å². The normalized spacial score (nSPS) is 7.94. The molecule has 0 aliphatic heterocycles. The molecule has 3 nitrogen and oxygen atoms in total. The van der Waals surface area contributed by atoms with Crippen molar-refractivity contribution in [3.05, 3.63) is 0 Å². The van der Waals surface area contributed by atoms with E-state index in [2.05, 4.69) is 0 Å². The van der Waals surface area contributed by atoms with Crippen LogP contribution in [0.3, 0.4) is 0 Å². The van der Waals surface area contributed by atoms with Gasteiger partial charge in [0, 0.05) is 0 Å². The second-order valence-electron chi connectivity index (χ2n) is 3.39. The Morgan fingerprint density at radius 3 is 0.647 bits per heavy atom. The fourth-order valence-corrected chi connectivity index (χ4v) is 0. The van der Waals surface area contributed by atoms with Crippen molar-refractivity contribution >= 4 is 24.9 Å². The van der Waals surface area contributed by atoms with Crippen LogP contribution in [-0.2, 0) is 0 Å². The monoisotopic (exact) mass is 272 g/mol. The predicted octanol–water partition coefficient (Wildman–Crippen LogP) is -0.236. The average molecular weight is 272 g/mol. The maximum absolute atomic E-state index is 9.67. The van der Waals surface area contributed by atoms with Crippen molar-refractivity contribution in [3.63, 3.8) is 0 Å². The van der Waals surface area contributed by atoms with Crippen molar-refractivity contribution in [3.8, 4) is 0 Å². The number of rotatable bonds is 0. The third-order valence-electron chi connectivity index (χ3n) is 0. The summed E-state index contributed by atoms with van der Waals surface area (Å²) >= 11 is 0.